The highest BCUT2D eigenvalue weighted by Crippen LogP contribution is 2.35. The molecule has 8 nitrogen and oxygen atoms in total. The van der Waals surface area contributed by atoms with Crippen LogP contribution in [0.5, 0.6) is 0 Å². The van der Waals surface area contributed by atoms with Gasteiger partial charge in [0.2, 0.25) is 0 Å². The summed E-state index contributed by atoms with van der Waals surface area (Å²) in [6, 6.07) is 21.0. The van der Waals surface area contributed by atoms with E-state index < -0.39 is 5.60 Å². The fourth-order valence-corrected chi connectivity index (χ4v) is 4.51. The minimum atomic E-state index is -0.942. The summed E-state index contributed by atoms with van der Waals surface area (Å²) in [6.45, 7) is 3.28. The number of hydroxylamine groups is 2. The molecule has 5 rings (SSSR count). The molecule has 0 radical (unpaired) electrons. The third-order valence-electron chi connectivity index (χ3n) is 6.71. The van der Waals surface area contributed by atoms with Gasteiger partial charge in [0.1, 0.15) is 18.0 Å². The molecule has 0 bridgehead atoms. The van der Waals surface area contributed by atoms with Gasteiger partial charge in [0, 0.05) is 29.8 Å². The molecule has 8 heteroatoms. The van der Waals surface area contributed by atoms with E-state index in [1.807, 2.05) is 67.6 Å². The lowest BCUT2D eigenvalue weighted by Crippen LogP contribution is -2.46. The predicted octanol–water partition coefficient (Wildman–Crippen LogP) is 4.30. The number of aliphatic hydroxyl groups is 1. The second kappa shape index (κ2) is 10.8. The first kappa shape index (κ1) is 25.7. The largest absolute Gasteiger partial charge is 0.399 e. The fourth-order valence-electron chi connectivity index (χ4n) is 4.51. The molecular weight excluding hydrogens is 480 g/mol. The maximum atomic E-state index is 13.5. The number of nitrogens with two attached hydrogens (primary N) is 2. The van der Waals surface area contributed by atoms with Gasteiger partial charge in [-0.3, -0.25) is 9.63 Å². The molecule has 0 aliphatic carbocycles. The Hall–Kier alpha value is -3.98. The normalized spacial score (nSPS) is 15.9. The van der Waals surface area contributed by atoms with Gasteiger partial charge in [-0.1, -0.05) is 49.4 Å². The Balaban J connectivity index is 1.39. The Morgan fingerprint density at radius 2 is 1.84 bits per heavy atom. The summed E-state index contributed by atoms with van der Waals surface area (Å²) in [7, 11) is 0. The van der Waals surface area contributed by atoms with Crippen LogP contribution in [0.15, 0.2) is 77.3 Å². The summed E-state index contributed by atoms with van der Waals surface area (Å²) in [5, 5.41) is 12.1. The van der Waals surface area contributed by atoms with E-state index in [1.165, 1.54) is 5.06 Å². The Morgan fingerprint density at radius 3 is 2.55 bits per heavy atom. The zero-order valence-corrected chi connectivity index (χ0v) is 21.4. The van der Waals surface area contributed by atoms with Gasteiger partial charge in [-0.25, -0.2) is 10.1 Å². The summed E-state index contributed by atoms with van der Waals surface area (Å²) >= 11 is 0. The van der Waals surface area contributed by atoms with Crippen molar-refractivity contribution >= 4 is 29.2 Å². The SMILES string of the molecule is CCCN(OCc1ccc(N)cc1)C(=O)C1=Cc2ccc(-c3cccc(C4(O)COC4)c3)cc2N=C(N)C1. The smallest absolute Gasteiger partial charge is 0.273 e. The number of nitrogens with zero attached hydrogens (tertiary/aromatic N) is 2. The molecule has 0 spiro atoms. The number of amidine groups is 1. The van der Waals surface area contributed by atoms with Crippen LogP contribution in [0.25, 0.3) is 17.2 Å². The summed E-state index contributed by atoms with van der Waals surface area (Å²) < 4.78 is 5.21. The second-order valence-electron chi connectivity index (χ2n) is 9.75. The molecule has 0 unspecified atom stereocenters. The monoisotopic (exact) mass is 512 g/mol. The van der Waals surface area contributed by atoms with Gasteiger partial charge in [-0.2, -0.15) is 0 Å². The highest BCUT2D eigenvalue weighted by molar-refractivity contribution is 6.05. The van der Waals surface area contributed by atoms with E-state index in [2.05, 4.69) is 4.99 Å². The van der Waals surface area contributed by atoms with Crippen molar-refractivity contribution in [2.45, 2.75) is 32.0 Å². The number of anilines is 1. The third kappa shape index (κ3) is 5.47. The molecule has 3 aromatic rings. The Morgan fingerprint density at radius 1 is 1.08 bits per heavy atom. The average Bonchev–Trinajstić information content (AvgIpc) is 3.07. The van der Waals surface area contributed by atoms with Crippen molar-refractivity contribution in [2.75, 3.05) is 25.5 Å². The summed E-state index contributed by atoms with van der Waals surface area (Å²) in [5.74, 6) is 0.117. The van der Waals surface area contributed by atoms with E-state index in [0.29, 0.717) is 42.5 Å². The van der Waals surface area contributed by atoms with Crippen molar-refractivity contribution in [3.05, 3.63) is 89.0 Å². The van der Waals surface area contributed by atoms with Gasteiger partial charge in [0.15, 0.2) is 0 Å². The van der Waals surface area contributed by atoms with E-state index in [-0.39, 0.29) is 18.9 Å². The van der Waals surface area contributed by atoms with Gasteiger partial charge < -0.3 is 21.3 Å². The molecule has 0 saturated carbocycles. The molecular formula is C30H32N4O4. The van der Waals surface area contributed by atoms with Crippen LogP contribution < -0.4 is 11.5 Å². The lowest BCUT2D eigenvalue weighted by Gasteiger charge is -2.36. The van der Waals surface area contributed by atoms with Crippen molar-refractivity contribution in [3.8, 4) is 11.1 Å². The number of nitrogen functional groups attached to an aromatic ring is 1. The van der Waals surface area contributed by atoms with Crippen LogP contribution in [0, 0.1) is 0 Å². The number of carbonyl (C=O) groups excluding carboxylic acids is 1. The number of benzene rings is 3. The molecule has 196 valence electrons. The van der Waals surface area contributed by atoms with Crippen LogP contribution in [0.4, 0.5) is 11.4 Å². The fraction of sp³-hybridized carbons (Fsp3) is 0.267. The van der Waals surface area contributed by atoms with Gasteiger partial charge in [0.05, 0.1) is 18.9 Å². The van der Waals surface area contributed by atoms with Crippen LogP contribution in [0.2, 0.25) is 0 Å². The number of hydrogen-bond acceptors (Lipinski definition) is 7. The molecule has 1 amide bonds. The van der Waals surface area contributed by atoms with Gasteiger partial charge >= 0.3 is 0 Å². The minimum absolute atomic E-state index is 0.219. The van der Waals surface area contributed by atoms with E-state index in [4.69, 9.17) is 21.0 Å². The molecule has 2 aliphatic rings. The Kier molecular flexibility index (Phi) is 7.28. The first-order valence-electron chi connectivity index (χ1n) is 12.7. The van der Waals surface area contributed by atoms with Crippen molar-refractivity contribution in [2.24, 2.45) is 10.7 Å². The van der Waals surface area contributed by atoms with Crippen LogP contribution >= 0.6 is 0 Å². The molecule has 5 N–H and O–H groups in total. The molecule has 2 aliphatic heterocycles. The van der Waals surface area contributed by atoms with E-state index in [0.717, 1.165) is 34.2 Å². The Labute approximate surface area is 222 Å². The lowest BCUT2D eigenvalue weighted by molar-refractivity contribution is -0.187. The van der Waals surface area contributed by atoms with Gasteiger partial charge in [0.25, 0.3) is 5.91 Å². The predicted molar refractivity (Wildman–Crippen MR) is 148 cm³/mol. The Bertz CT molecular complexity index is 1390. The van der Waals surface area contributed by atoms with E-state index in [9.17, 15) is 9.90 Å². The standard InChI is InChI=1S/C30H32N4O4/c1-2-12-34(38-17-20-6-10-26(31)11-7-20)29(35)24-13-23-9-8-22(15-27(23)33-28(32)16-24)21-4-3-5-25(14-21)30(36)18-37-19-30/h3-11,13-15,36H,2,12,16-19,31H2,1H3,(H2,32,33). The summed E-state index contributed by atoms with van der Waals surface area (Å²) in [5.41, 5.74) is 17.4. The number of rotatable bonds is 8. The van der Waals surface area contributed by atoms with Crippen LogP contribution in [-0.2, 0) is 26.6 Å². The van der Waals surface area contributed by atoms with Crippen molar-refractivity contribution in [1.29, 1.82) is 0 Å². The first-order chi connectivity index (χ1) is 18.3. The second-order valence-corrected chi connectivity index (χ2v) is 9.75. The van der Waals surface area contributed by atoms with Crippen LogP contribution in [0.1, 0.15) is 36.5 Å². The van der Waals surface area contributed by atoms with E-state index >= 15 is 0 Å². The maximum Gasteiger partial charge on any atom is 0.273 e. The average molecular weight is 513 g/mol. The molecule has 1 saturated heterocycles. The number of amides is 1. The molecule has 0 atom stereocenters. The minimum Gasteiger partial charge on any atom is -0.399 e. The van der Waals surface area contributed by atoms with Gasteiger partial charge in [-0.15, -0.1) is 0 Å². The molecule has 0 aromatic heterocycles. The topological polar surface area (TPSA) is 123 Å². The molecule has 3 aromatic carbocycles. The maximum absolute atomic E-state index is 13.5. The number of hydrogen-bond donors (Lipinski definition) is 3. The highest BCUT2D eigenvalue weighted by Gasteiger charge is 2.38. The highest BCUT2D eigenvalue weighted by atomic mass is 16.7. The molecule has 2 heterocycles. The molecule has 38 heavy (non-hydrogen) atoms. The zero-order chi connectivity index (χ0) is 26.7. The van der Waals surface area contributed by atoms with Crippen molar-refractivity contribution < 1.29 is 19.5 Å². The third-order valence-corrected chi connectivity index (χ3v) is 6.71. The van der Waals surface area contributed by atoms with Gasteiger partial charge in [-0.05, 0) is 59.0 Å². The van der Waals surface area contributed by atoms with Crippen LogP contribution in [-0.4, -0.2) is 41.7 Å². The first-order valence-corrected chi connectivity index (χ1v) is 12.7. The number of ether oxygens (including phenoxy) is 1. The summed E-state index contributed by atoms with van der Waals surface area (Å²) in [4.78, 5) is 24.0. The summed E-state index contributed by atoms with van der Waals surface area (Å²) in [6.07, 6.45) is 2.80. The van der Waals surface area contributed by atoms with Crippen molar-refractivity contribution in [3.63, 3.8) is 0 Å². The number of carbonyl (C=O) groups is 1. The van der Waals surface area contributed by atoms with E-state index in [1.54, 1.807) is 12.1 Å². The zero-order valence-electron chi connectivity index (χ0n) is 21.4. The number of aliphatic imine (C=N–C) groups is 1. The van der Waals surface area contributed by atoms with Crippen LogP contribution in [0.3, 0.4) is 0 Å². The quantitative estimate of drug-likeness (QED) is 0.305. The van der Waals surface area contributed by atoms with Crippen molar-refractivity contribution in [1.82, 2.24) is 5.06 Å². The number of fused-ring (bicyclic) bond motifs is 1. The molecule has 1 fully saturated rings. The lowest BCUT2D eigenvalue weighted by atomic mass is 9.89.